The number of halogens is 1. The summed E-state index contributed by atoms with van der Waals surface area (Å²) in [5.41, 5.74) is 1.15. The van der Waals surface area contributed by atoms with Crippen molar-refractivity contribution in [2.45, 2.75) is 33.1 Å². The van der Waals surface area contributed by atoms with Crippen LogP contribution < -0.4 is 5.32 Å². The first-order valence-corrected chi connectivity index (χ1v) is 9.49. The predicted octanol–water partition coefficient (Wildman–Crippen LogP) is 3.17. The van der Waals surface area contributed by atoms with E-state index in [-0.39, 0.29) is 17.9 Å². The molecule has 0 bridgehead atoms. The SMILES string of the molecule is CCN(CC)C(=O)N1CCCC(C(=O)NCCc2ccc(Cl)cc2)C1. The largest absolute Gasteiger partial charge is 0.355 e. The summed E-state index contributed by atoms with van der Waals surface area (Å²) in [6, 6.07) is 7.70. The molecule has 3 amide bonds. The van der Waals surface area contributed by atoms with Crippen LogP contribution in [0.15, 0.2) is 24.3 Å². The van der Waals surface area contributed by atoms with E-state index in [0.29, 0.717) is 31.2 Å². The van der Waals surface area contributed by atoms with Crippen LogP contribution in [0.1, 0.15) is 32.3 Å². The molecule has 0 aliphatic carbocycles. The van der Waals surface area contributed by atoms with Gasteiger partial charge in [0.15, 0.2) is 0 Å². The summed E-state index contributed by atoms with van der Waals surface area (Å²) in [6.45, 7) is 7.21. The molecule has 1 fully saturated rings. The predicted molar refractivity (Wildman–Crippen MR) is 101 cm³/mol. The van der Waals surface area contributed by atoms with Crippen LogP contribution in [0.2, 0.25) is 5.02 Å². The van der Waals surface area contributed by atoms with Gasteiger partial charge in [-0.05, 0) is 50.8 Å². The van der Waals surface area contributed by atoms with Crippen molar-refractivity contribution in [3.63, 3.8) is 0 Å². The minimum absolute atomic E-state index is 0.0451. The maximum absolute atomic E-state index is 12.5. The Morgan fingerprint density at radius 2 is 1.92 bits per heavy atom. The number of likely N-dealkylation sites (tertiary alicyclic amines) is 1. The fraction of sp³-hybridized carbons (Fsp3) is 0.579. The van der Waals surface area contributed by atoms with Gasteiger partial charge in [0.1, 0.15) is 0 Å². The second-order valence-electron chi connectivity index (χ2n) is 6.41. The zero-order chi connectivity index (χ0) is 18.2. The highest BCUT2D eigenvalue weighted by atomic mass is 35.5. The van der Waals surface area contributed by atoms with Crippen molar-refractivity contribution in [1.29, 1.82) is 0 Å². The molecule has 2 rings (SSSR count). The lowest BCUT2D eigenvalue weighted by atomic mass is 9.97. The van der Waals surface area contributed by atoms with Crippen LogP contribution in [-0.4, -0.2) is 54.5 Å². The number of hydrogen-bond acceptors (Lipinski definition) is 2. The second-order valence-corrected chi connectivity index (χ2v) is 6.84. The average molecular weight is 366 g/mol. The number of amides is 3. The molecule has 0 radical (unpaired) electrons. The van der Waals surface area contributed by atoms with Crippen LogP contribution in [0.5, 0.6) is 0 Å². The maximum Gasteiger partial charge on any atom is 0.320 e. The summed E-state index contributed by atoms with van der Waals surface area (Å²) in [5.74, 6) is -0.0653. The quantitative estimate of drug-likeness (QED) is 0.841. The van der Waals surface area contributed by atoms with Gasteiger partial charge >= 0.3 is 6.03 Å². The molecule has 138 valence electrons. The first kappa shape index (κ1) is 19.6. The third-order valence-corrected chi connectivity index (χ3v) is 4.97. The zero-order valence-corrected chi connectivity index (χ0v) is 15.9. The van der Waals surface area contributed by atoms with E-state index < -0.39 is 0 Å². The van der Waals surface area contributed by atoms with Crippen molar-refractivity contribution in [1.82, 2.24) is 15.1 Å². The summed E-state index contributed by atoms with van der Waals surface area (Å²) >= 11 is 5.87. The Morgan fingerprint density at radius 1 is 1.24 bits per heavy atom. The van der Waals surface area contributed by atoms with E-state index in [4.69, 9.17) is 11.6 Å². The first-order chi connectivity index (χ1) is 12.0. The van der Waals surface area contributed by atoms with Gasteiger partial charge in [0.25, 0.3) is 0 Å². The molecule has 1 saturated heterocycles. The maximum atomic E-state index is 12.5. The van der Waals surface area contributed by atoms with E-state index >= 15 is 0 Å². The topological polar surface area (TPSA) is 52.7 Å². The molecule has 1 aromatic carbocycles. The van der Waals surface area contributed by atoms with Gasteiger partial charge in [0.05, 0.1) is 5.92 Å². The number of rotatable bonds is 6. The number of nitrogens with zero attached hydrogens (tertiary/aromatic N) is 2. The van der Waals surface area contributed by atoms with Crippen LogP contribution in [0.4, 0.5) is 4.79 Å². The van der Waals surface area contributed by atoms with Gasteiger partial charge in [-0.1, -0.05) is 23.7 Å². The fourth-order valence-corrected chi connectivity index (χ4v) is 3.31. The lowest BCUT2D eigenvalue weighted by molar-refractivity contribution is -0.126. The normalized spacial score (nSPS) is 17.2. The Kier molecular flexibility index (Phi) is 7.56. The molecule has 0 aromatic heterocycles. The molecule has 1 aliphatic rings. The smallest absolute Gasteiger partial charge is 0.320 e. The molecule has 1 N–H and O–H groups in total. The molecule has 1 unspecified atom stereocenters. The van der Waals surface area contributed by atoms with Gasteiger partial charge < -0.3 is 15.1 Å². The highest BCUT2D eigenvalue weighted by Crippen LogP contribution is 2.18. The highest BCUT2D eigenvalue weighted by Gasteiger charge is 2.29. The number of nitrogens with one attached hydrogen (secondary N) is 1. The van der Waals surface area contributed by atoms with Gasteiger partial charge in [0.2, 0.25) is 5.91 Å². The summed E-state index contributed by atoms with van der Waals surface area (Å²) < 4.78 is 0. The summed E-state index contributed by atoms with van der Waals surface area (Å²) in [5, 5.41) is 3.72. The number of carbonyl (C=O) groups is 2. The van der Waals surface area contributed by atoms with Crippen LogP contribution in [-0.2, 0) is 11.2 Å². The molecule has 0 saturated carbocycles. The molecular weight excluding hydrogens is 338 g/mol. The molecule has 0 spiro atoms. The lowest BCUT2D eigenvalue weighted by Crippen LogP contribution is -2.50. The number of urea groups is 1. The van der Waals surface area contributed by atoms with E-state index in [1.807, 2.05) is 43.0 Å². The molecule has 5 nitrogen and oxygen atoms in total. The Morgan fingerprint density at radius 3 is 2.56 bits per heavy atom. The van der Waals surface area contributed by atoms with Crippen LogP contribution in [0.25, 0.3) is 0 Å². The van der Waals surface area contributed by atoms with E-state index in [2.05, 4.69) is 5.32 Å². The molecule has 6 heteroatoms. The van der Waals surface area contributed by atoms with Gasteiger partial charge in [-0.2, -0.15) is 0 Å². The molecule has 1 atom stereocenters. The van der Waals surface area contributed by atoms with E-state index in [0.717, 1.165) is 31.4 Å². The number of carbonyl (C=O) groups excluding carboxylic acids is 2. The minimum atomic E-state index is -0.113. The number of benzene rings is 1. The first-order valence-electron chi connectivity index (χ1n) is 9.11. The molecular formula is C19H28ClN3O2. The van der Waals surface area contributed by atoms with E-state index in [9.17, 15) is 9.59 Å². The standard InChI is InChI=1S/C19H28ClN3O2/c1-3-22(4-2)19(25)23-13-5-6-16(14-23)18(24)21-12-11-15-7-9-17(20)10-8-15/h7-10,16H,3-6,11-14H2,1-2H3,(H,21,24). The van der Waals surface area contributed by atoms with Crippen molar-refractivity contribution in [3.8, 4) is 0 Å². The molecule has 1 aromatic rings. The van der Waals surface area contributed by atoms with Gasteiger partial charge in [-0.3, -0.25) is 4.79 Å². The zero-order valence-electron chi connectivity index (χ0n) is 15.1. The third-order valence-electron chi connectivity index (χ3n) is 4.72. The van der Waals surface area contributed by atoms with Crippen molar-refractivity contribution in [2.24, 2.45) is 5.92 Å². The Balaban J connectivity index is 1.80. The molecule has 1 aliphatic heterocycles. The number of hydrogen-bond donors (Lipinski definition) is 1. The summed E-state index contributed by atoms with van der Waals surface area (Å²) in [6.07, 6.45) is 2.49. The summed E-state index contributed by atoms with van der Waals surface area (Å²) in [4.78, 5) is 28.5. The average Bonchev–Trinajstić information content (AvgIpc) is 2.64. The van der Waals surface area contributed by atoms with E-state index in [1.54, 1.807) is 4.90 Å². The fourth-order valence-electron chi connectivity index (χ4n) is 3.18. The Labute approximate surface area is 155 Å². The lowest BCUT2D eigenvalue weighted by Gasteiger charge is -2.35. The highest BCUT2D eigenvalue weighted by molar-refractivity contribution is 6.30. The van der Waals surface area contributed by atoms with Gasteiger partial charge in [0, 0.05) is 37.7 Å². The van der Waals surface area contributed by atoms with Crippen molar-refractivity contribution >= 4 is 23.5 Å². The third kappa shape index (κ3) is 5.63. The van der Waals surface area contributed by atoms with Crippen molar-refractivity contribution in [3.05, 3.63) is 34.9 Å². The van der Waals surface area contributed by atoms with Gasteiger partial charge in [-0.25, -0.2) is 4.79 Å². The van der Waals surface area contributed by atoms with Crippen molar-refractivity contribution in [2.75, 3.05) is 32.7 Å². The Bertz CT molecular complexity index is 573. The van der Waals surface area contributed by atoms with E-state index in [1.165, 1.54) is 0 Å². The van der Waals surface area contributed by atoms with Crippen molar-refractivity contribution < 1.29 is 9.59 Å². The van der Waals surface area contributed by atoms with Crippen LogP contribution in [0, 0.1) is 5.92 Å². The van der Waals surface area contributed by atoms with Gasteiger partial charge in [-0.15, -0.1) is 0 Å². The van der Waals surface area contributed by atoms with Crippen LogP contribution >= 0.6 is 11.6 Å². The molecule has 1 heterocycles. The minimum Gasteiger partial charge on any atom is -0.355 e. The monoisotopic (exact) mass is 365 g/mol. The Hall–Kier alpha value is -1.75. The number of piperidine rings is 1. The summed E-state index contributed by atoms with van der Waals surface area (Å²) in [7, 11) is 0. The second kappa shape index (κ2) is 9.66. The molecule has 25 heavy (non-hydrogen) atoms. The van der Waals surface area contributed by atoms with Crippen LogP contribution in [0.3, 0.4) is 0 Å².